The van der Waals surface area contributed by atoms with E-state index in [-0.39, 0.29) is 22.7 Å². The summed E-state index contributed by atoms with van der Waals surface area (Å²) in [6, 6.07) is 16.8. The van der Waals surface area contributed by atoms with Crippen molar-refractivity contribution in [1.82, 2.24) is 9.97 Å². The van der Waals surface area contributed by atoms with Crippen LogP contribution in [0.3, 0.4) is 0 Å². The predicted octanol–water partition coefficient (Wildman–Crippen LogP) is 4.24. The fourth-order valence-electron chi connectivity index (χ4n) is 2.40. The van der Waals surface area contributed by atoms with Gasteiger partial charge in [0.25, 0.3) is 5.56 Å². The number of anilines is 1. The molecule has 0 saturated carbocycles. The van der Waals surface area contributed by atoms with E-state index in [1.807, 2.05) is 16.0 Å². The smallest absolute Gasteiger partial charge is 0.493 e. The van der Waals surface area contributed by atoms with Crippen molar-refractivity contribution in [2.24, 2.45) is 16.1 Å². The number of benzene rings is 2. The molecular weight excluding hydrogens is 469 g/mol. The van der Waals surface area contributed by atoms with Gasteiger partial charge in [-0.05, 0) is 18.2 Å². The molecule has 3 rings (SSSR count). The summed E-state index contributed by atoms with van der Waals surface area (Å²) in [4.78, 5) is 38.0. The van der Waals surface area contributed by atoms with Gasteiger partial charge in [0.2, 0.25) is 11.6 Å². The number of rotatable bonds is 6. The summed E-state index contributed by atoms with van der Waals surface area (Å²) in [7, 11) is 0. The second-order valence-electron chi connectivity index (χ2n) is 6.77. The van der Waals surface area contributed by atoms with E-state index in [1.54, 1.807) is 25.1 Å². The topological polar surface area (TPSA) is 140 Å². The molecule has 0 bridgehead atoms. The Hall–Kier alpha value is -3.63. The molecule has 2 aromatic carbocycles. The molecule has 0 aliphatic carbocycles. The molecule has 175 valence electrons. The van der Waals surface area contributed by atoms with Gasteiger partial charge in [-0.15, -0.1) is 17.2 Å². The number of hydrogen-bond acceptors (Lipinski definition) is 6. The first-order valence-electron chi connectivity index (χ1n) is 9.89. The average molecular weight is 494 g/mol. The van der Waals surface area contributed by atoms with Crippen molar-refractivity contribution >= 4 is 23.0 Å². The number of H-pyrrole nitrogens is 2. The van der Waals surface area contributed by atoms with Crippen molar-refractivity contribution in [2.45, 2.75) is 20.3 Å². The van der Waals surface area contributed by atoms with Crippen molar-refractivity contribution in [3.63, 3.8) is 0 Å². The Morgan fingerprint density at radius 3 is 2.42 bits per heavy atom. The van der Waals surface area contributed by atoms with E-state index in [0.717, 1.165) is 6.42 Å². The number of nitrogens with one attached hydrogen (secondary N) is 3. The molecule has 0 aliphatic heterocycles. The van der Waals surface area contributed by atoms with Gasteiger partial charge in [0.15, 0.2) is 5.91 Å². The van der Waals surface area contributed by atoms with Gasteiger partial charge in [-0.1, -0.05) is 38.3 Å². The van der Waals surface area contributed by atoms with Crippen molar-refractivity contribution in [3.05, 3.63) is 94.3 Å². The van der Waals surface area contributed by atoms with Gasteiger partial charge in [-0.25, -0.2) is 4.79 Å². The van der Waals surface area contributed by atoms with E-state index in [1.165, 1.54) is 11.6 Å². The molecule has 1 amide bonds. The Balaban J connectivity index is 0.000000458. The molecule has 4 N–H and O–H groups in total. The number of aromatic nitrogens is 2. The summed E-state index contributed by atoms with van der Waals surface area (Å²) in [6.45, 7) is 7.41. The Bertz CT molecular complexity index is 1170. The summed E-state index contributed by atoms with van der Waals surface area (Å²) in [5.41, 5.74) is 0.000258. The van der Waals surface area contributed by atoms with E-state index < -0.39 is 28.7 Å². The summed E-state index contributed by atoms with van der Waals surface area (Å²) in [6.07, 6.45) is 3.32. The van der Waals surface area contributed by atoms with Crippen LogP contribution in [0.2, 0.25) is 0 Å². The molecule has 1 aromatic heterocycles. The SMILES string of the molecule is CC[CH-]c1ccccc1.[CH2-]C(C)C(=O)Nc1cccc(N=Nc2c(O)[nH]c(=O)[nH]c2=O)c1.[Co+2]. The Kier molecular flexibility index (Phi) is 11.4. The number of aromatic hydroxyl groups is 1. The first kappa shape index (κ1) is 27.4. The van der Waals surface area contributed by atoms with Crippen molar-refractivity contribution in [1.29, 1.82) is 0 Å². The molecule has 1 atom stereocenters. The van der Waals surface area contributed by atoms with Crippen molar-refractivity contribution < 1.29 is 26.7 Å². The number of hydrogen-bond donors (Lipinski definition) is 4. The van der Waals surface area contributed by atoms with Gasteiger partial charge in [0, 0.05) is 5.69 Å². The van der Waals surface area contributed by atoms with Gasteiger partial charge < -0.3 is 17.3 Å². The number of amides is 1. The molecule has 1 unspecified atom stereocenters. The van der Waals surface area contributed by atoms with Crippen LogP contribution >= 0.6 is 0 Å². The van der Waals surface area contributed by atoms with E-state index in [4.69, 9.17) is 0 Å². The Labute approximate surface area is 201 Å². The molecule has 0 saturated heterocycles. The molecule has 33 heavy (non-hydrogen) atoms. The number of azo groups is 1. The minimum Gasteiger partial charge on any atom is -0.493 e. The van der Waals surface area contributed by atoms with Crippen LogP contribution in [0.4, 0.5) is 17.1 Å². The Morgan fingerprint density at radius 2 is 1.82 bits per heavy atom. The zero-order chi connectivity index (χ0) is 23.5. The normalized spacial score (nSPS) is 11.0. The van der Waals surface area contributed by atoms with Gasteiger partial charge >= 0.3 is 22.5 Å². The minimum atomic E-state index is -0.870. The van der Waals surface area contributed by atoms with Crippen LogP contribution in [0, 0.1) is 19.3 Å². The number of aromatic amines is 2. The molecule has 3 aromatic rings. The van der Waals surface area contributed by atoms with Crippen LogP contribution in [0.5, 0.6) is 5.88 Å². The molecule has 0 aliphatic rings. The molecule has 9 nitrogen and oxygen atoms in total. The fourth-order valence-corrected chi connectivity index (χ4v) is 2.40. The number of carbonyl (C=O) groups is 1. The molecular formula is C23H25CoN5O4. The van der Waals surface area contributed by atoms with Crippen LogP contribution in [-0.2, 0) is 21.6 Å². The summed E-state index contributed by atoms with van der Waals surface area (Å²) in [5.74, 6) is -1.36. The van der Waals surface area contributed by atoms with E-state index in [9.17, 15) is 19.5 Å². The second kappa shape index (κ2) is 13.7. The Morgan fingerprint density at radius 1 is 1.12 bits per heavy atom. The first-order chi connectivity index (χ1) is 15.3. The summed E-state index contributed by atoms with van der Waals surface area (Å²) < 4.78 is 0. The van der Waals surface area contributed by atoms with Crippen LogP contribution in [0.25, 0.3) is 0 Å². The van der Waals surface area contributed by atoms with Crippen molar-refractivity contribution in [3.8, 4) is 5.88 Å². The van der Waals surface area contributed by atoms with Gasteiger partial charge in [0.1, 0.15) is 0 Å². The molecule has 0 spiro atoms. The third kappa shape index (κ3) is 9.17. The average Bonchev–Trinajstić information content (AvgIpc) is 2.74. The monoisotopic (exact) mass is 494 g/mol. The van der Waals surface area contributed by atoms with Gasteiger partial charge in [-0.3, -0.25) is 19.6 Å². The standard InChI is InChI=1S/C14H14N5O4.C9H11.Co/c1-7(2)11(20)15-8-4-3-5-9(6-8)18-19-10-12(21)16-14(23)17-13(10)22;1-2-6-9-7-4-3-5-8-9;/h3-7H,1H2,2H3,(H,15,20)(H3,16,17,21,22,23);3-8H,2H2,1H3;/q2*-1;+2. The molecule has 0 fully saturated rings. The van der Waals surface area contributed by atoms with E-state index >= 15 is 0 Å². The summed E-state index contributed by atoms with van der Waals surface area (Å²) >= 11 is 0. The first-order valence-corrected chi connectivity index (χ1v) is 9.89. The van der Waals surface area contributed by atoms with Gasteiger partial charge in [0.05, 0.1) is 5.69 Å². The maximum absolute atomic E-state index is 11.6. The minimum absolute atomic E-state index is 0. The fraction of sp³-hybridized carbons (Fsp3) is 0.174. The third-order valence-electron chi connectivity index (χ3n) is 3.96. The quantitative estimate of drug-likeness (QED) is 0.301. The molecule has 1 radical (unpaired) electrons. The third-order valence-corrected chi connectivity index (χ3v) is 3.96. The zero-order valence-electron chi connectivity index (χ0n) is 18.2. The van der Waals surface area contributed by atoms with E-state index in [0.29, 0.717) is 11.4 Å². The maximum Gasteiger partial charge on any atom is 2.00 e. The molecule has 10 heteroatoms. The number of carbonyl (C=O) groups excluding carboxylic acids is 1. The summed E-state index contributed by atoms with van der Waals surface area (Å²) in [5, 5.41) is 19.5. The predicted molar refractivity (Wildman–Crippen MR) is 123 cm³/mol. The largest absolute Gasteiger partial charge is 2.00 e. The van der Waals surface area contributed by atoms with Gasteiger partial charge in [-0.2, -0.15) is 29.2 Å². The maximum atomic E-state index is 11.6. The van der Waals surface area contributed by atoms with E-state index in [2.05, 4.69) is 60.1 Å². The van der Waals surface area contributed by atoms with Crippen LogP contribution in [0.15, 0.2) is 74.4 Å². The molecule has 1 heterocycles. The van der Waals surface area contributed by atoms with Crippen molar-refractivity contribution in [2.75, 3.05) is 5.32 Å². The zero-order valence-corrected chi connectivity index (χ0v) is 19.2. The number of nitrogens with zero attached hydrogens (tertiary/aromatic N) is 2. The van der Waals surface area contributed by atoms with Crippen LogP contribution < -0.4 is 16.6 Å². The second-order valence-corrected chi connectivity index (χ2v) is 6.77. The van der Waals surface area contributed by atoms with Crippen LogP contribution in [-0.4, -0.2) is 21.0 Å². The van der Waals surface area contributed by atoms with Crippen LogP contribution in [0.1, 0.15) is 25.8 Å².